The van der Waals surface area contributed by atoms with Gasteiger partial charge in [-0.05, 0) is 36.2 Å². The van der Waals surface area contributed by atoms with Gasteiger partial charge in [0.05, 0.1) is 6.61 Å². The fourth-order valence-electron chi connectivity index (χ4n) is 2.06. The zero-order valence-corrected chi connectivity index (χ0v) is 10.9. The maximum Gasteiger partial charge on any atom is 0.115 e. The third-order valence-corrected chi connectivity index (χ3v) is 3.10. The van der Waals surface area contributed by atoms with Crippen LogP contribution in [0, 0.1) is 0 Å². The summed E-state index contributed by atoms with van der Waals surface area (Å²) in [5, 5.41) is 18.5. The molecule has 2 aromatic rings. The second-order valence-corrected chi connectivity index (χ2v) is 4.46. The Morgan fingerprint density at radius 2 is 1.53 bits per heavy atom. The lowest BCUT2D eigenvalue weighted by Crippen LogP contribution is -2.28. The number of rotatable bonds is 6. The molecule has 2 N–H and O–H groups in total. The lowest BCUT2D eigenvalue weighted by Gasteiger charge is -2.24. The molecule has 100 valence electrons. The number of aliphatic hydroxyl groups excluding tert-OH is 1. The third-order valence-electron chi connectivity index (χ3n) is 3.10. The van der Waals surface area contributed by atoms with E-state index in [9.17, 15) is 5.11 Å². The van der Waals surface area contributed by atoms with E-state index in [0.717, 1.165) is 18.7 Å². The molecule has 3 heteroatoms. The molecular weight excluding hydrogens is 238 g/mol. The predicted molar refractivity (Wildman–Crippen MR) is 77.6 cm³/mol. The second kappa shape index (κ2) is 6.81. The van der Waals surface area contributed by atoms with Crippen LogP contribution in [0.2, 0.25) is 0 Å². The molecule has 0 aromatic heterocycles. The van der Waals surface area contributed by atoms with Gasteiger partial charge in [0.2, 0.25) is 0 Å². The van der Waals surface area contributed by atoms with E-state index < -0.39 is 0 Å². The highest BCUT2D eigenvalue weighted by molar-refractivity contribution is 5.48. The number of aliphatic hydroxyl groups is 1. The van der Waals surface area contributed by atoms with Crippen molar-refractivity contribution in [2.75, 3.05) is 24.6 Å². The van der Waals surface area contributed by atoms with Gasteiger partial charge < -0.3 is 15.1 Å². The maximum absolute atomic E-state index is 9.31. The zero-order chi connectivity index (χ0) is 13.5. The van der Waals surface area contributed by atoms with E-state index in [1.807, 2.05) is 30.3 Å². The molecule has 0 aliphatic rings. The van der Waals surface area contributed by atoms with Gasteiger partial charge in [-0.3, -0.25) is 0 Å². The molecule has 0 saturated heterocycles. The number of phenolic OH excluding ortho intramolecular Hbond substituents is 1. The first kappa shape index (κ1) is 13.4. The Kier molecular flexibility index (Phi) is 4.81. The standard InChI is InChI=1S/C16H19NO2/c18-13-12-17(15-6-8-16(19)9-7-15)11-10-14-4-2-1-3-5-14/h1-9,18-19H,10-13H2. The molecule has 2 aromatic carbocycles. The van der Waals surface area contributed by atoms with Gasteiger partial charge in [0.25, 0.3) is 0 Å². The van der Waals surface area contributed by atoms with E-state index in [1.165, 1.54) is 5.56 Å². The van der Waals surface area contributed by atoms with Gasteiger partial charge in [-0.25, -0.2) is 0 Å². The number of benzene rings is 2. The molecule has 0 amide bonds. The molecule has 0 fully saturated rings. The van der Waals surface area contributed by atoms with Gasteiger partial charge in [0.15, 0.2) is 0 Å². The number of hydrogen-bond acceptors (Lipinski definition) is 3. The van der Waals surface area contributed by atoms with Crippen LogP contribution >= 0.6 is 0 Å². The molecule has 0 spiro atoms. The van der Waals surface area contributed by atoms with E-state index in [-0.39, 0.29) is 12.4 Å². The summed E-state index contributed by atoms with van der Waals surface area (Å²) < 4.78 is 0. The normalized spacial score (nSPS) is 10.4. The number of aromatic hydroxyl groups is 1. The summed E-state index contributed by atoms with van der Waals surface area (Å²) in [7, 11) is 0. The van der Waals surface area contributed by atoms with Crippen molar-refractivity contribution in [3.05, 3.63) is 60.2 Å². The van der Waals surface area contributed by atoms with Crippen LogP contribution in [-0.2, 0) is 6.42 Å². The van der Waals surface area contributed by atoms with E-state index in [1.54, 1.807) is 12.1 Å². The van der Waals surface area contributed by atoms with Crippen LogP contribution < -0.4 is 4.90 Å². The Labute approximate surface area is 113 Å². The van der Waals surface area contributed by atoms with Crippen LogP contribution in [-0.4, -0.2) is 29.9 Å². The lowest BCUT2D eigenvalue weighted by atomic mass is 10.1. The van der Waals surface area contributed by atoms with Crippen molar-refractivity contribution in [2.24, 2.45) is 0 Å². The van der Waals surface area contributed by atoms with Crippen molar-refractivity contribution < 1.29 is 10.2 Å². The van der Waals surface area contributed by atoms with Crippen molar-refractivity contribution in [1.29, 1.82) is 0 Å². The van der Waals surface area contributed by atoms with Gasteiger partial charge in [0, 0.05) is 18.8 Å². The zero-order valence-electron chi connectivity index (χ0n) is 10.9. The summed E-state index contributed by atoms with van der Waals surface area (Å²) in [5.41, 5.74) is 2.30. The van der Waals surface area contributed by atoms with E-state index in [2.05, 4.69) is 17.0 Å². The van der Waals surface area contributed by atoms with Gasteiger partial charge >= 0.3 is 0 Å². The first-order valence-electron chi connectivity index (χ1n) is 6.48. The molecule has 19 heavy (non-hydrogen) atoms. The molecule has 2 rings (SSSR count). The van der Waals surface area contributed by atoms with Crippen molar-refractivity contribution in [3.8, 4) is 5.75 Å². The van der Waals surface area contributed by atoms with Crippen LogP contribution in [0.5, 0.6) is 5.75 Å². The Morgan fingerprint density at radius 3 is 2.16 bits per heavy atom. The molecular formula is C16H19NO2. The summed E-state index contributed by atoms with van der Waals surface area (Å²) in [4.78, 5) is 2.12. The second-order valence-electron chi connectivity index (χ2n) is 4.46. The smallest absolute Gasteiger partial charge is 0.115 e. The molecule has 0 unspecified atom stereocenters. The lowest BCUT2D eigenvalue weighted by molar-refractivity contribution is 0.302. The number of nitrogens with zero attached hydrogens (tertiary/aromatic N) is 1. The van der Waals surface area contributed by atoms with E-state index >= 15 is 0 Å². The fourth-order valence-corrected chi connectivity index (χ4v) is 2.06. The van der Waals surface area contributed by atoms with Crippen LogP contribution in [0.4, 0.5) is 5.69 Å². The van der Waals surface area contributed by atoms with Gasteiger partial charge in [-0.2, -0.15) is 0 Å². The van der Waals surface area contributed by atoms with E-state index in [4.69, 9.17) is 5.11 Å². The minimum Gasteiger partial charge on any atom is -0.508 e. The SMILES string of the molecule is OCCN(CCc1ccccc1)c1ccc(O)cc1. The molecule has 0 aliphatic heterocycles. The van der Waals surface area contributed by atoms with E-state index in [0.29, 0.717) is 6.54 Å². The Morgan fingerprint density at radius 1 is 0.842 bits per heavy atom. The molecule has 0 radical (unpaired) electrons. The van der Waals surface area contributed by atoms with Crippen LogP contribution in [0.15, 0.2) is 54.6 Å². The van der Waals surface area contributed by atoms with Crippen LogP contribution in [0.1, 0.15) is 5.56 Å². The maximum atomic E-state index is 9.31. The molecule has 0 heterocycles. The fraction of sp³-hybridized carbons (Fsp3) is 0.250. The van der Waals surface area contributed by atoms with Crippen LogP contribution in [0.3, 0.4) is 0 Å². The van der Waals surface area contributed by atoms with Gasteiger partial charge in [-0.1, -0.05) is 30.3 Å². The Hall–Kier alpha value is -2.00. The number of hydrogen-bond donors (Lipinski definition) is 2. The summed E-state index contributed by atoms with van der Waals surface area (Å²) in [6.45, 7) is 1.56. The van der Waals surface area contributed by atoms with Crippen molar-refractivity contribution in [2.45, 2.75) is 6.42 Å². The highest BCUT2D eigenvalue weighted by Crippen LogP contribution is 2.18. The highest BCUT2D eigenvalue weighted by atomic mass is 16.3. The monoisotopic (exact) mass is 257 g/mol. The van der Waals surface area contributed by atoms with Gasteiger partial charge in [0.1, 0.15) is 5.75 Å². The number of anilines is 1. The minimum atomic E-state index is 0.121. The topological polar surface area (TPSA) is 43.7 Å². The van der Waals surface area contributed by atoms with Gasteiger partial charge in [-0.15, -0.1) is 0 Å². The Bertz CT molecular complexity index is 482. The predicted octanol–water partition coefficient (Wildman–Crippen LogP) is 2.43. The summed E-state index contributed by atoms with van der Waals surface area (Å²) in [6, 6.07) is 17.4. The summed E-state index contributed by atoms with van der Waals surface area (Å²) >= 11 is 0. The quantitative estimate of drug-likeness (QED) is 0.835. The first-order valence-corrected chi connectivity index (χ1v) is 6.48. The summed E-state index contributed by atoms with van der Waals surface area (Å²) in [5.74, 6) is 0.260. The molecule has 0 saturated carbocycles. The highest BCUT2D eigenvalue weighted by Gasteiger charge is 2.06. The summed E-state index contributed by atoms with van der Waals surface area (Å²) in [6.07, 6.45) is 0.932. The number of phenols is 1. The average Bonchev–Trinajstić information content (AvgIpc) is 2.46. The molecule has 0 atom stereocenters. The first-order chi connectivity index (χ1) is 9.29. The molecule has 3 nitrogen and oxygen atoms in total. The van der Waals surface area contributed by atoms with Crippen molar-refractivity contribution >= 4 is 5.69 Å². The largest absolute Gasteiger partial charge is 0.508 e. The average molecular weight is 257 g/mol. The molecule has 0 aliphatic carbocycles. The van der Waals surface area contributed by atoms with Crippen LogP contribution in [0.25, 0.3) is 0 Å². The molecule has 0 bridgehead atoms. The van der Waals surface area contributed by atoms with Crippen molar-refractivity contribution in [3.63, 3.8) is 0 Å². The minimum absolute atomic E-state index is 0.121. The van der Waals surface area contributed by atoms with Crippen molar-refractivity contribution in [1.82, 2.24) is 0 Å². The third kappa shape index (κ3) is 4.00. The Balaban J connectivity index is 2.02.